The highest BCUT2D eigenvalue weighted by Crippen LogP contribution is 2.23. The number of thiol groups is 1. The van der Waals surface area contributed by atoms with E-state index in [-0.39, 0.29) is 0 Å². The standard InChI is InChI=1S/C13H28S/c1-5-6-8-11(2)12(3)9-7-10-13(4)14/h11-14H,5-10H2,1-4H3. The van der Waals surface area contributed by atoms with Gasteiger partial charge in [0.15, 0.2) is 0 Å². The van der Waals surface area contributed by atoms with Crippen molar-refractivity contribution in [3.8, 4) is 0 Å². The lowest BCUT2D eigenvalue weighted by atomic mass is 9.87. The van der Waals surface area contributed by atoms with E-state index in [2.05, 4.69) is 40.3 Å². The van der Waals surface area contributed by atoms with Gasteiger partial charge in [-0.05, 0) is 23.5 Å². The van der Waals surface area contributed by atoms with Crippen LogP contribution in [0.2, 0.25) is 0 Å². The average molecular weight is 216 g/mol. The summed E-state index contributed by atoms with van der Waals surface area (Å²) in [7, 11) is 0. The van der Waals surface area contributed by atoms with E-state index in [0.717, 1.165) is 11.8 Å². The molecule has 0 aromatic heterocycles. The summed E-state index contributed by atoms with van der Waals surface area (Å²) in [5.74, 6) is 1.80. The van der Waals surface area contributed by atoms with E-state index in [1.165, 1.54) is 38.5 Å². The van der Waals surface area contributed by atoms with Crippen LogP contribution in [0, 0.1) is 11.8 Å². The van der Waals surface area contributed by atoms with Crippen molar-refractivity contribution in [2.24, 2.45) is 11.8 Å². The van der Waals surface area contributed by atoms with Gasteiger partial charge < -0.3 is 0 Å². The number of rotatable bonds is 8. The molecule has 0 aliphatic heterocycles. The van der Waals surface area contributed by atoms with E-state index >= 15 is 0 Å². The van der Waals surface area contributed by atoms with Crippen molar-refractivity contribution in [3.63, 3.8) is 0 Å². The van der Waals surface area contributed by atoms with Gasteiger partial charge in [-0.3, -0.25) is 0 Å². The molecular weight excluding hydrogens is 188 g/mol. The predicted molar refractivity (Wildman–Crippen MR) is 70.2 cm³/mol. The summed E-state index contributed by atoms with van der Waals surface area (Å²) in [5, 5.41) is 0.577. The molecular formula is C13H28S. The topological polar surface area (TPSA) is 0 Å². The second-order valence-corrected chi connectivity index (χ2v) is 5.76. The zero-order chi connectivity index (χ0) is 11.0. The maximum atomic E-state index is 4.41. The van der Waals surface area contributed by atoms with Crippen molar-refractivity contribution in [2.45, 2.75) is 71.5 Å². The maximum absolute atomic E-state index is 4.41. The fraction of sp³-hybridized carbons (Fsp3) is 1.00. The van der Waals surface area contributed by atoms with Crippen LogP contribution in [-0.4, -0.2) is 5.25 Å². The Morgan fingerprint density at radius 3 is 1.79 bits per heavy atom. The molecule has 0 fully saturated rings. The molecule has 0 nitrogen and oxygen atoms in total. The largest absolute Gasteiger partial charge is 0.176 e. The molecule has 0 bridgehead atoms. The molecule has 0 aliphatic rings. The SMILES string of the molecule is CCCCC(C)C(C)CCCC(C)S. The molecule has 0 N–H and O–H groups in total. The van der Waals surface area contributed by atoms with Crippen LogP contribution in [0.3, 0.4) is 0 Å². The number of hydrogen-bond donors (Lipinski definition) is 1. The molecule has 0 aliphatic carbocycles. The van der Waals surface area contributed by atoms with Crippen LogP contribution in [0.15, 0.2) is 0 Å². The summed E-state index contributed by atoms with van der Waals surface area (Å²) in [5.41, 5.74) is 0. The summed E-state index contributed by atoms with van der Waals surface area (Å²) >= 11 is 4.41. The Morgan fingerprint density at radius 2 is 1.36 bits per heavy atom. The van der Waals surface area contributed by atoms with E-state index in [1.807, 2.05) is 0 Å². The first-order chi connectivity index (χ1) is 6.57. The molecule has 3 unspecified atom stereocenters. The Bertz CT molecular complexity index is 120. The molecule has 14 heavy (non-hydrogen) atoms. The first kappa shape index (κ1) is 14.3. The van der Waals surface area contributed by atoms with Crippen LogP contribution in [0.1, 0.15) is 66.2 Å². The van der Waals surface area contributed by atoms with E-state index < -0.39 is 0 Å². The van der Waals surface area contributed by atoms with E-state index in [1.54, 1.807) is 0 Å². The van der Waals surface area contributed by atoms with Crippen LogP contribution in [0.25, 0.3) is 0 Å². The van der Waals surface area contributed by atoms with Crippen molar-refractivity contribution < 1.29 is 0 Å². The fourth-order valence-electron chi connectivity index (χ4n) is 1.83. The third-order valence-electron chi connectivity index (χ3n) is 3.27. The molecule has 0 radical (unpaired) electrons. The van der Waals surface area contributed by atoms with Crippen molar-refractivity contribution in [2.75, 3.05) is 0 Å². The Balaban J connectivity index is 3.46. The molecule has 3 atom stereocenters. The van der Waals surface area contributed by atoms with E-state index in [4.69, 9.17) is 0 Å². The van der Waals surface area contributed by atoms with Crippen molar-refractivity contribution in [1.82, 2.24) is 0 Å². The quantitative estimate of drug-likeness (QED) is 0.546. The molecule has 0 amide bonds. The highest BCUT2D eigenvalue weighted by molar-refractivity contribution is 7.80. The summed E-state index contributed by atoms with van der Waals surface area (Å²) < 4.78 is 0. The molecule has 0 saturated carbocycles. The Morgan fingerprint density at radius 1 is 0.857 bits per heavy atom. The van der Waals surface area contributed by atoms with Crippen molar-refractivity contribution in [3.05, 3.63) is 0 Å². The molecule has 0 spiro atoms. The van der Waals surface area contributed by atoms with Gasteiger partial charge in [0.2, 0.25) is 0 Å². The lowest BCUT2D eigenvalue weighted by molar-refractivity contribution is 0.327. The minimum Gasteiger partial charge on any atom is -0.176 e. The lowest BCUT2D eigenvalue weighted by Crippen LogP contribution is -2.08. The van der Waals surface area contributed by atoms with Crippen molar-refractivity contribution in [1.29, 1.82) is 0 Å². The summed E-state index contributed by atoms with van der Waals surface area (Å²) in [6.45, 7) is 9.28. The molecule has 0 heterocycles. The molecule has 0 aromatic carbocycles. The number of hydrogen-bond acceptors (Lipinski definition) is 1. The van der Waals surface area contributed by atoms with Gasteiger partial charge in [-0.2, -0.15) is 12.6 Å². The minimum atomic E-state index is 0.577. The number of unbranched alkanes of at least 4 members (excludes halogenated alkanes) is 1. The van der Waals surface area contributed by atoms with Crippen molar-refractivity contribution >= 4 is 12.6 Å². The van der Waals surface area contributed by atoms with E-state index in [9.17, 15) is 0 Å². The molecule has 0 rings (SSSR count). The summed E-state index contributed by atoms with van der Waals surface area (Å²) in [4.78, 5) is 0. The van der Waals surface area contributed by atoms with Gasteiger partial charge in [-0.25, -0.2) is 0 Å². The summed E-state index contributed by atoms with van der Waals surface area (Å²) in [6, 6.07) is 0. The highest BCUT2D eigenvalue weighted by atomic mass is 32.1. The third-order valence-corrected chi connectivity index (χ3v) is 3.52. The Kier molecular flexibility index (Phi) is 8.86. The van der Waals surface area contributed by atoms with Gasteiger partial charge in [-0.15, -0.1) is 0 Å². The van der Waals surface area contributed by atoms with Gasteiger partial charge in [0.25, 0.3) is 0 Å². The smallest absolute Gasteiger partial charge is 0.00116 e. The molecule has 0 saturated heterocycles. The van der Waals surface area contributed by atoms with Crippen LogP contribution >= 0.6 is 12.6 Å². The van der Waals surface area contributed by atoms with Crippen LogP contribution < -0.4 is 0 Å². The van der Waals surface area contributed by atoms with Gasteiger partial charge >= 0.3 is 0 Å². The molecule has 1 heteroatoms. The fourth-order valence-corrected chi connectivity index (χ4v) is 2.01. The van der Waals surface area contributed by atoms with Crippen LogP contribution in [0.5, 0.6) is 0 Å². The highest BCUT2D eigenvalue weighted by Gasteiger charge is 2.11. The zero-order valence-corrected chi connectivity index (χ0v) is 11.3. The Hall–Kier alpha value is 0.350. The zero-order valence-electron chi connectivity index (χ0n) is 10.4. The first-order valence-corrected chi connectivity index (χ1v) is 6.77. The maximum Gasteiger partial charge on any atom is -0.00116 e. The lowest BCUT2D eigenvalue weighted by Gasteiger charge is -2.19. The molecule has 0 aromatic rings. The predicted octanol–water partition coefficient (Wildman–Crippen LogP) is 4.94. The summed E-state index contributed by atoms with van der Waals surface area (Å²) in [6.07, 6.45) is 8.15. The second kappa shape index (κ2) is 8.64. The first-order valence-electron chi connectivity index (χ1n) is 6.26. The normalized spacial score (nSPS) is 17.8. The Labute approximate surface area is 96.3 Å². The third kappa shape index (κ3) is 7.73. The minimum absolute atomic E-state index is 0.577. The average Bonchev–Trinajstić information content (AvgIpc) is 2.13. The monoisotopic (exact) mass is 216 g/mol. The molecule has 86 valence electrons. The van der Waals surface area contributed by atoms with Gasteiger partial charge in [0.1, 0.15) is 0 Å². The van der Waals surface area contributed by atoms with Crippen LogP contribution in [0.4, 0.5) is 0 Å². The van der Waals surface area contributed by atoms with Crippen LogP contribution in [-0.2, 0) is 0 Å². The van der Waals surface area contributed by atoms with E-state index in [0.29, 0.717) is 5.25 Å². The second-order valence-electron chi connectivity index (χ2n) is 4.88. The van der Waals surface area contributed by atoms with Gasteiger partial charge in [0, 0.05) is 0 Å². The van der Waals surface area contributed by atoms with Gasteiger partial charge in [0.05, 0.1) is 0 Å². The van der Waals surface area contributed by atoms with Gasteiger partial charge in [-0.1, -0.05) is 59.8 Å².